The molecule has 7 nitrogen and oxygen atoms in total. The Balaban J connectivity index is 2.52. The Hall–Kier alpha value is -0.910. The number of nitrogens with one attached hydrogen (secondary N) is 1. The fourth-order valence-electron chi connectivity index (χ4n) is 2.71. The predicted octanol–water partition coefficient (Wildman–Crippen LogP) is 1.81. The van der Waals surface area contributed by atoms with Crippen molar-refractivity contribution in [1.82, 2.24) is 9.99 Å². The number of rotatable bonds is 9. The lowest BCUT2D eigenvalue weighted by atomic mass is 10.2. The van der Waals surface area contributed by atoms with E-state index in [0.29, 0.717) is 25.8 Å². The molecule has 1 unspecified atom stereocenters. The lowest BCUT2D eigenvalue weighted by molar-refractivity contribution is -0.148. The van der Waals surface area contributed by atoms with Gasteiger partial charge in [-0.15, -0.1) is 0 Å². The molecule has 1 aliphatic heterocycles. The van der Waals surface area contributed by atoms with E-state index in [2.05, 4.69) is 12.0 Å². The van der Waals surface area contributed by atoms with Gasteiger partial charge in [-0.1, -0.05) is 26.2 Å². The van der Waals surface area contributed by atoms with Crippen LogP contribution in [0.1, 0.15) is 52.4 Å². The molecule has 128 valence electrons. The van der Waals surface area contributed by atoms with E-state index in [-0.39, 0.29) is 6.16 Å². The minimum absolute atomic E-state index is 0.132. The van der Waals surface area contributed by atoms with E-state index in [1.807, 2.05) is 0 Å². The van der Waals surface area contributed by atoms with Crippen LogP contribution in [0.3, 0.4) is 0 Å². The summed E-state index contributed by atoms with van der Waals surface area (Å²) in [5, 5.41) is 11.6. The number of amides is 1. The van der Waals surface area contributed by atoms with Crippen molar-refractivity contribution in [3.05, 3.63) is 0 Å². The van der Waals surface area contributed by atoms with Crippen LogP contribution in [0.5, 0.6) is 0 Å². The fraction of sp³-hybridized carbons (Fsp3) is 0.857. The molecular formula is C14H27N2O5P. The second kappa shape index (κ2) is 8.65. The number of likely N-dealkylation sites (tertiary alicyclic amines) is 1. The van der Waals surface area contributed by atoms with Crippen LogP contribution < -0.4 is 5.09 Å². The number of carboxylic acid groups (broad SMARTS) is 1. The second-order valence-electron chi connectivity index (χ2n) is 5.86. The quantitative estimate of drug-likeness (QED) is 0.438. The van der Waals surface area contributed by atoms with E-state index >= 15 is 0 Å². The van der Waals surface area contributed by atoms with E-state index in [4.69, 9.17) is 5.11 Å². The first-order valence-electron chi connectivity index (χ1n) is 7.91. The van der Waals surface area contributed by atoms with Crippen molar-refractivity contribution in [1.29, 1.82) is 0 Å². The Morgan fingerprint density at radius 2 is 2.05 bits per heavy atom. The number of hydrogen-bond acceptors (Lipinski definition) is 3. The summed E-state index contributed by atoms with van der Waals surface area (Å²) in [5.74, 6) is -1.45. The molecule has 0 radical (unpaired) electrons. The number of nitrogens with zero attached hydrogens (tertiary/aromatic N) is 1. The zero-order valence-electron chi connectivity index (χ0n) is 13.3. The molecule has 1 amide bonds. The van der Waals surface area contributed by atoms with Crippen LogP contribution in [0.15, 0.2) is 0 Å². The lowest BCUT2D eigenvalue weighted by Gasteiger charge is -2.26. The lowest BCUT2D eigenvalue weighted by Crippen LogP contribution is -2.48. The van der Waals surface area contributed by atoms with Gasteiger partial charge in [-0.05, 0) is 26.2 Å². The summed E-state index contributed by atoms with van der Waals surface area (Å²) in [6.07, 6.45) is 4.79. The molecule has 1 heterocycles. The summed E-state index contributed by atoms with van der Waals surface area (Å²) >= 11 is 0. The Morgan fingerprint density at radius 3 is 2.64 bits per heavy atom. The first kappa shape index (κ1) is 19.1. The van der Waals surface area contributed by atoms with Crippen molar-refractivity contribution in [2.75, 3.05) is 12.7 Å². The largest absolute Gasteiger partial charge is 0.480 e. The predicted molar refractivity (Wildman–Crippen MR) is 83.8 cm³/mol. The molecule has 3 N–H and O–H groups in total. The zero-order chi connectivity index (χ0) is 16.8. The van der Waals surface area contributed by atoms with E-state index in [1.54, 1.807) is 0 Å². The van der Waals surface area contributed by atoms with Gasteiger partial charge in [-0.25, -0.2) is 9.88 Å². The fourth-order valence-corrected chi connectivity index (χ4v) is 4.21. The Labute approximate surface area is 131 Å². The average molecular weight is 334 g/mol. The van der Waals surface area contributed by atoms with Crippen molar-refractivity contribution >= 4 is 19.4 Å². The van der Waals surface area contributed by atoms with Crippen molar-refractivity contribution in [3.63, 3.8) is 0 Å². The first-order chi connectivity index (χ1) is 10.3. The molecule has 1 fully saturated rings. The monoisotopic (exact) mass is 334 g/mol. The molecule has 0 aromatic carbocycles. The standard InChI is InChI=1S/C14H27N2O5P/c1-3-4-5-6-10-22(20,21)15-11(2)13(17)16-9-7-8-12(16)14(18)19/h11-12H,3-10H2,1-2H3,(H,18,19)(H2,15,20,21)/t11-,12-/m0/s1. The van der Waals surface area contributed by atoms with Gasteiger partial charge in [-0.2, -0.15) is 0 Å². The highest BCUT2D eigenvalue weighted by molar-refractivity contribution is 7.55. The first-order valence-corrected chi connectivity index (χ1v) is 9.76. The van der Waals surface area contributed by atoms with Gasteiger partial charge < -0.3 is 14.9 Å². The van der Waals surface area contributed by atoms with E-state index in [1.165, 1.54) is 11.8 Å². The number of carboxylic acids is 1. The molecule has 0 saturated carbocycles. The Bertz CT molecular complexity index is 443. The highest BCUT2D eigenvalue weighted by Gasteiger charge is 2.37. The number of carbonyl (C=O) groups is 2. The minimum atomic E-state index is -3.57. The molecule has 22 heavy (non-hydrogen) atoms. The number of hydrogen-bond donors (Lipinski definition) is 3. The van der Waals surface area contributed by atoms with Crippen LogP contribution in [0.4, 0.5) is 0 Å². The molecule has 0 spiro atoms. The van der Waals surface area contributed by atoms with E-state index in [9.17, 15) is 19.0 Å². The van der Waals surface area contributed by atoms with Gasteiger partial charge in [0.15, 0.2) is 0 Å². The van der Waals surface area contributed by atoms with Gasteiger partial charge >= 0.3 is 5.97 Å². The highest BCUT2D eigenvalue weighted by Crippen LogP contribution is 2.37. The summed E-state index contributed by atoms with van der Waals surface area (Å²) in [6, 6.07) is -1.68. The van der Waals surface area contributed by atoms with Gasteiger partial charge in [0.05, 0.1) is 6.04 Å². The maximum absolute atomic E-state index is 12.3. The van der Waals surface area contributed by atoms with E-state index in [0.717, 1.165) is 19.3 Å². The molecular weight excluding hydrogens is 307 g/mol. The molecule has 0 aliphatic carbocycles. The topological polar surface area (TPSA) is 107 Å². The Kier molecular flexibility index (Phi) is 7.53. The molecule has 1 aliphatic rings. The zero-order valence-corrected chi connectivity index (χ0v) is 14.2. The van der Waals surface area contributed by atoms with Crippen LogP contribution in [-0.4, -0.2) is 51.6 Å². The van der Waals surface area contributed by atoms with Gasteiger partial charge in [0.25, 0.3) is 7.52 Å². The SMILES string of the molecule is CCCCCCP(=O)(O)N[C@@H](C)C(=O)N1CCC[C@H]1C(=O)O. The molecule has 8 heteroatoms. The van der Waals surface area contributed by atoms with E-state index < -0.39 is 31.5 Å². The van der Waals surface area contributed by atoms with Gasteiger partial charge in [0.2, 0.25) is 5.91 Å². The summed E-state index contributed by atoms with van der Waals surface area (Å²) in [6.45, 7) is 3.95. The third-order valence-electron chi connectivity index (χ3n) is 3.90. The third-order valence-corrected chi connectivity index (χ3v) is 5.61. The molecule has 0 aromatic heterocycles. The van der Waals surface area contributed by atoms with Gasteiger partial charge in [0, 0.05) is 12.7 Å². The summed E-state index contributed by atoms with van der Waals surface area (Å²) in [7, 11) is -3.57. The Morgan fingerprint density at radius 1 is 1.36 bits per heavy atom. The molecule has 3 atom stereocenters. The maximum atomic E-state index is 12.3. The molecule has 1 saturated heterocycles. The number of aliphatic carboxylic acids is 1. The highest BCUT2D eigenvalue weighted by atomic mass is 31.2. The van der Waals surface area contributed by atoms with Crippen molar-refractivity contribution in [3.8, 4) is 0 Å². The summed E-state index contributed by atoms with van der Waals surface area (Å²) in [5.41, 5.74) is 0. The van der Waals surface area contributed by atoms with Crippen molar-refractivity contribution in [2.45, 2.75) is 64.5 Å². The average Bonchev–Trinajstić information content (AvgIpc) is 2.91. The van der Waals surface area contributed by atoms with Gasteiger partial charge in [-0.3, -0.25) is 9.36 Å². The van der Waals surface area contributed by atoms with Crippen LogP contribution in [0, 0.1) is 0 Å². The molecule has 1 rings (SSSR count). The molecule has 0 bridgehead atoms. The number of unbranched alkanes of at least 4 members (excludes halogenated alkanes) is 3. The van der Waals surface area contributed by atoms with Gasteiger partial charge in [0.1, 0.15) is 6.04 Å². The van der Waals surface area contributed by atoms with Crippen LogP contribution in [0.2, 0.25) is 0 Å². The third kappa shape index (κ3) is 5.71. The normalized spacial score (nSPS) is 22.3. The van der Waals surface area contributed by atoms with Crippen molar-refractivity contribution in [2.24, 2.45) is 0 Å². The second-order valence-corrected chi connectivity index (χ2v) is 7.97. The van der Waals surface area contributed by atoms with Crippen LogP contribution in [0.25, 0.3) is 0 Å². The minimum Gasteiger partial charge on any atom is -0.480 e. The maximum Gasteiger partial charge on any atom is 0.326 e. The summed E-state index contributed by atoms with van der Waals surface area (Å²) in [4.78, 5) is 34.6. The molecule has 0 aromatic rings. The smallest absolute Gasteiger partial charge is 0.326 e. The van der Waals surface area contributed by atoms with Crippen molar-refractivity contribution < 1.29 is 24.2 Å². The summed E-state index contributed by atoms with van der Waals surface area (Å²) < 4.78 is 12.1. The van der Waals surface area contributed by atoms with Crippen LogP contribution in [-0.2, 0) is 14.2 Å². The van der Waals surface area contributed by atoms with Crippen LogP contribution >= 0.6 is 7.52 Å². The number of carbonyl (C=O) groups excluding carboxylic acids is 1.